The second-order valence-electron chi connectivity index (χ2n) is 6.55. The molecule has 0 saturated carbocycles. The molecule has 1 aliphatic heterocycles. The van der Waals surface area contributed by atoms with Crippen LogP contribution in [0.15, 0.2) is 48.5 Å². The van der Waals surface area contributed by atoms with Gasteiger partial charge in [-0.1, -0.05) is 29.8 Å². The number of carbonyl (C=O) groups is 2. The van der Waals surface area contributed by atoms with Gasteiger partial charge in [0.1, 0.15) is 5.82 Å². The van der Waals surface area contributed by atoms with Crippen molar-refractivity contribution in [2.45, 2.75) is 19.9 Å². The molecule has 0 bridgehead atoms. The van der Waals surface area contributed by atoms with E-state index in [-0.39, 0.29) is 23.5 Å². The van der Waals surface area contributed by atoms with Crippen LogP contribution < -0.4 is 5.32 Å². The van der Waals surface area contributed by atoms with Crippen molar-refractivity contribution in [1.29, 1.82) is 0 Å². The number of aryl methyl sites for hydroxylation is 1. The molecule has 0 aromatic heterocycles. The lowest BCUT2D eigenvalue weighted by Gasteiger charge is -2.17. The number of halogens is 1. The van der Waals surface area contributed by atoms with Crippen molar-refractivity contribution < 1.29 is 14.0 Å². The third-order valence-corrected chi connectivity index (χ3v) is 4.41. The summed E-state index contributed by atoms with van der Waals surface area (Å²) < 4.78 is 13.0. The van der Waals surface area contributed by atoms with Gasteiger partial charge in [0, 0.05) is 37.5 Å². The van der Waals surface area contributed by atoms with Gasteiger partial charge in [0.05, 0.1) is 0 Å². The first kappa shape index (κ1) is 17.1. The summed E-state index contributed by atoms with van der Waals surface area (Å²) >= 11 is 0. The van der Waals surface area contributed by atoms with Gasteiger partial charge in [-0.2, -0.15) is 0 Å². The average molecular weight is 340 g/mol. The van der Waals surface area contributed by atoms with Crippen LogP contribution in [0.2, 0.25) is 0 Å². The predicted molar refractivity (Wildman–Crippen MR) is 93.4 cm³/mol. The summed E-state index contributed by atoms with van der Waals surface area (Å²) in [7, 11) is 0. The fourth-order valence-electron chi connectivity index (χ4n) is 3.08. The van der Waals surface area contributed by atoms with Gasteiger partial charge in [-0.25, -0.2) is 4.39 Å². The van der Waals surface area contributed by atoms with Crippen molar-refractivity contribution in [1.82, 2.24) is 10.2 Å². The molecule has 3 rings (SSSR count). The highest BCUT2D eigenvalue weighted by atomic mass is 19.1. The number of nitrogens with zero attached hydrogens (tertiary/aromatic N) is 1. The Balaban J connectivity index is 1.52. The molecule has 1 heterocycles. The van der Waals surface area contributed by atoms with Crippen LogP contribution in [-0.4, -0.2) is 29.8 Å². The number of nitrogens with one attached hydrogen (secondary N) is 1. The Labute approximate surface area is 146 Å². The highest BCUT2D eigenvalue weighted by Crippen LogP contribution is 2.20. The molecule has 4 nitrogen and oxygen atoms in total. The molecule has 0 spiro atoms. The molecule has 0 radical (unpaired) electrons. The van der Waals surface area contributed by atoms with Gasteiger partial charge in [-0.3, -0.25) is 9.59 Å². The fourth-order valence-corrected chi connectivity index (χ4v) is 3.08. The maximum Gasteiger partial charge on any atom is 0.251 e. The van der Waals surface area contributed by atoms with Gasteiger partial charge in [0.25, 0.3) is 5.91 Å². The summed E-state index contributed by atoms with van der Waals surface area (Å²) in [4.78, 5) is 26.1. The topological polar surface area (TPSA) is 49.4 Å². The lowest BCUT2D eigenvalue weighted by Crippen LogP contribution is -2.31. The summed E-state index contributed by atoms with van der Waals surface area (Å²) in [6, 6.07) is 13.6. The first-order valence-electron chi connectivity index (χ1n) is 8.38. The van der Waals surface area contributed by atoms with Crippen LogP contribution in [0.25, 0.3) is 0 Å². The minimum absolute atomic E-state index is 0.0686. The van der Waals surface area contributed by atoms with Gasteiger partial charge < -0.3 is 10.2 Å². The number of likely N-dealkylation sites (tertiary alicyclic amines) is 1. The standard InChI is InChI=1S/C20H21FN2O2/c1-14-3-2-4-17(9-14)20(25)22-11-16-10-19(24)23(13-16)12-15-5-7-18(21)8-6-15/h2-9,16H,10-13H2,1H3,(H,22,25). The monoisotopic (exact) mass is 340 g/mol. The SMILES string of the molecule is Cc1cccc(C(=O)NCC2CC(=O)N(Cc3ccc(F)cc3)C2)c1. The Kier molecular flexibility index (Phi) is 5.12. The van der Waals surface area contributed by atoms with Gasteiger partial charge in [0.2, 0.25) is 5.91 Å². The Bertz CT molecular complexity index is 774. The number of benzene rings is 2. The van der Waals surface area contributed by atoms with Crippen LogP contribution in [0.1, 0.15) is 27.9 Å². The number of carbonyl (C=O) groups excluding carboxylic acids is 2. The lowest BCUT2D eigenvalue weighted by atomic mass is 10.1. The van der Waals surface area contributed by atoms with Crippen molar-refractivity contribution in [3.63, 3.8) is 0 Å². The average Bonchev–Trinajstić information content (AvgIpc) is 2.94. The predicted octanol–water partition coefficient (Wildman–Crippen LogP) is 2.91. The first-order chi connectivity index (χ1) is 12.0. The molecule has 1 N–H and O–H groups in total. The minimum Gasteiger partial charge on any atom is -0.352 e. The highest BCUT2D eigenvalue weighted by molar-refractivity contribution is 5.94. The van der Waals surface area contributed by atoms with Crippen molar-refractivity contribution in [3.05, 3.63) is 71.0 Å². The second-order valence-corrected chi connectivity index (χ2v) is 6.55. The molecular formula is C20H21FN2O2. The largest absolute Gasteiger partial charge is 0.352 e. The van der Waals surface area contributed by atoms with Crippen molar-refractivity contribution in [2.24, 2.45) is 5.92 Å². The molecule has 130 valence electrons. The van der Waals surface area contributed by atoms with Gasteiger partial charge >= 0.3 is 0 Å². The molecule has 2 aromatic carbocycles. The zero-order valence-corrected chi connectivity index (χ0v) is 14.2. The molecule has 25 heavy (non-hydrogen) atoms. The Morgan fingerprint density at radius 3 is 2.72 bits per heavy atom. The Morgan fingerprint density at radius 2 is 2.00 bits per heavy atom. The van der Waals surface area contributed by atoms with E-state index in [2.05, 4.69) is 5.32 Å². The fraction of sp³-hybridized carbons (Fsp3) is 0.300. The van der Waals surface area contributed by atoms with E-state index < -0.39 is 0 Å². The Hall–Kier alpha value is -2.69. The van der Waals surface area contributed by atoms with Crippen LogP contribution in [0.5, 0.6) is 0 Å². The first-order valence-corrected chi connectivity index (χ1v) is 8.38. The van der Waals surface area contributed by atoms with Crippen LogP contribution in [0, 0.1) is 18.7 Å². The van der Waals surface area contributed by atoms with E-state index in [1.54, 1.807) is 23.1 Å². The van der Waals surface area contributed by atoms with E-state index in [0.29, 0.717) is 31.6 Å². The van der Waals surface area contributed by atoms with Crippen molar-refractivity contribution in [2.75, 3.05) is 13.1 Å². The summed E-state index contributed by atoms with van der Waals surface area (Å²) in [5.41, 5.74) is 2.57. The summed E-state index contributed by atoms with van der Waals surface area (Å²) in [5.74, 6) is -0.234. The quantitative estimate of drug-likeness (QED) is 0.910. The van der Waals surface area contributed by atoms with Crippen LogP contribution in [-0.2, 0) is 11.3 Å². The number of hydrogen-bond acceptors (Lipinski definition) is 2. The van der Waals surface area contributed by atoms with E-state index in [9.17, 15) is 14.0 Å². The zero-order chi connectivity index (χ0) is 17.8. The Morgan fingerprint density at radius 1 is 1.24 bits per heavy atom. The van der Waals surface area contributed by atoms with E-state index in [4.69, 9.17) is 0 Å². The zero-order valence-electron chi connectivity index (χ0n) is 14.2. The molecule has 1 unspecified atom stereocenters. The van der Waals surface area contributed by atoms with Gasteiger partial charge in [0.15, 0.2) is 0 Å². The third-order valence-electron chi connectivity index (χ3n) is 4.41. The van der Waals surface area contributed by atoms with Crippen LogP contribution in [0.4, 0.5) is 4.39 Å². The van der Waals surface area contributed by atoms with E-state index >= 15 is 0 Å². The maximum absolute atomic E-state index is 13.0. The number of rotatable bonds is 5. The molecule has 2 amide bonds. The molecule has 2 aromatic rings. The summed E-state index contributed by atoms with van der Waals surface area (Å²) in [6.07, 6.45) is 0.426. The van der Waals surface area contributed by atoms with Gasteiger partial charge in [-0.15, -0.1) is 0 Å². The normalized spacial score (nSPS) is 17.0. The van der Waals surface area contributed by atoms with Crippen molar-refractivity contribution in [3.8, 4) is 0 Å². The number of hydrogen-bond donors (Lipinski definition) is 1. The molecule has 0 aliphatic carbocycles. The molecule has 1 aliphatic rings. The smallest absolute Gasteiger partial charge is 0.251 e. The maximum atomic E-state index is 13.0. The van der Waals surface area contributed by atoms with Crippen LogP contribution in [0.3, 0.4) is 0 Å². The molecular weight excluding hydrogens is 319 g/mol. The van der Waals surface area contributed by atoms with E-state index in [1.807, 2.05) is 25.1 Å². The highest BCUT2D eigenvalue weighted by Gasteiger charge is 2.29. The van der Waals surface area contributed by atoms with E-state index in [0.717, 1.165) is 11.1 Å². The molecule has 1 fully saturated rings. The second kappa shape index (κ2) is 7.47. The summed E-state index contributed by atoms with van der Waals surface area (Å²) in [5, 5.41) is 2.91. The molecule has 5 heteroatoms. The molecule has 1 saturated heterocycles. The van der Waals surface area contributed by atoms with E-state index in [1.165, 1.54) is 12.1 Å². The third kappa shape index (κ3) is 4.44. The van der Waals surface area contributed by atoms with Gasteiger partial charge in [-0.05, 0) is 36.8 Å². The summed E-state index contributed by atoms with van der Waals surface area (Å²) in [6.45, 7) is 3.49. The molecule has 1 atom stereocenters. The van der Waals surface area contributed by atoms with Crippen LogP contribution >= 0.6 is 0 Å². The van der Waals surface area contributed by atoms with Crippen molar-refractivity contribution >= 4 is 11.8 Å². The lowest BCUT2D eigenvalue weighted by molar-refractivity contribution is -0.128. The minimum atomic E-state index is -0.284. The number of amides is 2.